The molecule has 0 bridgehead atoms. The second kappa shape index (κ2) is 3.08. The number of H-pyrrole nitrogens is 1. The van der Waals surface area contributed by atoms with Gasteiger partial charge in [-0.1, -0.05) is 19.9 Å². The lowest BCUT2D eigenvalue weighted by molar-refractivity contribution is 0.128. The molecule has 1 aliphatic rings. The highest BCUT2D eigenvalue weighted by Crippen LogP contribution is 2.40. The fourth-order valence-electron chi connectivity index (χ4n) is 2.52. The van der Waals surface area contributed by atoms with Gasteiger partial charge in [-0.05, 0) is 30.0 Å². The average molecular weight is 215 g/mol. The quantitative estimate of drug-likeness (QED) is 0.767. The molecule has 3 nitrogen and oxygen atoms in total. The van der Waals surface area contributed by atoms with E-state index < -0.39 is 0 Å². The van der Waals surface area contributed by atoms with Gasteiger partial charge in [-0.15, -0.1) is 0 Å². The maximum Gasteiger partial charge on any atom is 0.104 e. The van der Waals surface area contributed by atoms with Crippen LogP contribution in [0.25, 0.3) is 11.0 Å². The van der Waals surface area contributed by atoms with E-state index in [-0.39, 0.29) is 0 Å². The van der Waals surface area contributed by atoms with Crippen molar-refractivity contribution < 1.29 is 0 Å². The molecule has 1 aromatic heterocycles. The van der Waals surface area contributed by atoms with Gasteiger partial charge in [0.05, 0.1) is 11.0 Å². The zero-order valence-electron chi connectivity index (χ0n) is 9.96. The van der Waals surface area contributed by atoms with Crippen LogP contribution in [0.15, 0.2) is 18.2 Å². The van der Waals surface area contributed by atoms with Gasteiger partial charge < -0.3 is 10.3 Å². The molecule has 1 saturated heterocycles. The molecule has 0 saturated carbocycles. The van der Waals surface area contributed by atoms with Crippen LogP contribution < -0.4 is 5.32 Å². The number of benzene rings is 1. The summed E-state index contributed by atoms with van der Waals surface area (Å²) in [7, 11) is 0. The van der Waals surface area contributed by atoms with E-state index in [1.165, 1.54) is 5.56 Å². The lowest BCUT2D eigenvalue weighted by Crippen LogP contribution is -2.52. The van der Waals surface area contributed by atoms with Crippen LogP contribution >= 0.6 is 0 Å². The largest absolute Gasteiger partial charge is 0.342 e. The molecule has 16 heavy (non-hydrogen) atoms. The second-order valence-electron chi connectivity index (χ2n) is 5.40. The van der Waals surface area contributed by atoms with Gasteiger partial charge in [-0.3, -0.25) is 0 Å². The summed E-state index contributed by atoms with van der Waals surface area (Å²) in [6.45, 7) is 7.69. The van der Waals surface area contributed by atoms with Crippen molar-refractivity contribution in [2.45, 2.75) is 26.8 Å². The highest BCUT2D eigenvalue weighted by molar-refractivity contribution is 5.76. The molecular weight excluding hydrogens is 198 g/mol. The van der Waals surface area contributed by atoms with Crippen LogP contribution in [0.3, 0.4) is 0 Å². The van der Waals surface area contributed by atoms with Crippen molar-refractivity contribution in [1.29, 1.82) is 0 Å². The minimum absolute atomic E-state index is 0.364. The van der Waals surface area contributed by atoms with Gasteiger partial charge in [0.15, 0.2) is 0 Å². The van der Waals surface area contributed by atoms with Crippen molar-refractivity contribution in [3.05, 3.63) is 29.6 Å². The molecule has 1 unspecified atom stereocenters. The first-order chi connectivity index (χ1) is 7.56. The third-order valence-electron chi connectivity index (χ3n) is 3.50. The van der Waals surface area contributed by atoms with E-state index in [1.807, 2.05) is 6.92 Å². The molecule has 2 aromatic rings. The van der Waals surface area contributed by atoms with Crippen molar-refractivity contribution in [2.24, 2.45) is 5.41 Å². The molecule has 1 aliphatic heterocycles. The summed E-state index contributed by atoms with van der Waals surface area (Å²) in [5, 5.41) is 3.49. The molecule has 3 rings (SSSR count). The maximum atomic E-state index is 4.42. The monoisotopic (exact) mass is 215 g/mol. The third-order valence-corrected chi connectivity index (χ3v) is 3.50. The van der Waals surface area contributed by atoms with Gasteiger partial charge in [0, 0.05) is 12.6 Å². The third kappa shape index (κ3) is 1.35. The summed E-state index contributed by atoms with van der Waals surface area (Å²) < 4.78 is 0. The average Bonchev–Trinajstić information content (AvgIpc) is 2.56. The lowest BCUT2D eigenvalue weighted by Gasteiger charge is -2.46. The number of hydrogen-bond donors (Lipinski definition) is 2. The Bertz CT molecular complexity index is 539. The van der Waals surface area contributed by atoms with Crippen LogP contribution in [0.1, 0.15) is 31.3 Å². The summed E-state index contributed by atoms with van der Waals surface area (Å²) in [6.07, 6.45) is 0. The molecule has 0 spiro atoms. The van der Waals surface area contributed by atoms with Gasteiger partial charge in [0.1, 0.15) is 5.82 Å². The van der Waals surface area contributed by atoms with Crippen LogP contribution in [-0.2, 0) is 0 Å². The van der Waals surface area contributed by atoms with Crippen LogP contribution in [0.2, 0.25) is 0 Å². The van der Waals surface area contributed by atoms with Gasteiger partial charge in [0.2, 0.25) is 0 Å². The Balaban J connectivity index is 2.05. The highest BCUT2D eigenvalue weighted by Gasteiger charge is 2.38. The minimum Gasteiger partial charge on any atom is -0.342 e. The van der Waals surface area contributed by atoms with Crippen molar-refractivity contribution >= 4 is 11.0 Å². The number of hydrogen-bond acceptors (Lipinski definition) is 2. The van der Waals surface area contributed by atoms with Gasteiger partial charge in [0.25, 0.3) is 0 Å². The van der Waals surface area contributed by atoms with Crippen LogP contribution in [0, 0.1) is 12.3 Å². The molecule has 0 aliphatic carbocycles. The normalized spacial score (nSPS) is 23.3. The Kier molecular flexibility index (Phi) is 1.89. The molecule has 1 atom stereocenters. The Hall–Kier alpha value is -1.35. The van der Waals surface area contributed by atoms with Crippen LogP contribution in [0.4, 0.5) is 0 Å². The number of imidazole rings is 1. The number of rotatable bonds is 1. The van der Waals surface area contributed by atoms with Crippen LogP contribution in [0.5, 0.6) is 0 Å². The predicted molar refractivity (Wildman–Crippen MR) is 65.4 cm³/mol. The molecule has 0 amide bonds. The summed E-state index contributed by atoms with van der Waals surface area (Å²) in [5.41, 5.74) is 3.91. The zero-order chi connectivity index (χ0) is 11.3. The summed E-state index contributed by atoms with van der Waals surface area (Å²) in [4.78, 5) is 7.71. The summed E-state index contributed by atoms with van der Waals surface area (Å²) in [6, 6.07) is 6.97. The van der Waals surface area contributed by atoms with Crippen molar-refractivity contribution in [3.63, 3.8) is 0 Å². The van der Waals surface area contributed by atoms with Gasteiger partial charge in [-0.25, -0.2) is 4.98 Å². The van der Waals surface area contributed by atoms with Crippen molar-refractivity contribution in [3.8, 4) is 0 Å². The van der Waals surface area contributed by atoms with E-state index in [2.05, 4.69) is 47.3 Å². The minimum atomic E-state index is 0.364. The Morgan fingerprint density at radius 1 is 1.38 bits per heavy atom. The topological polar surface area (TPSA) is 40.7 Å². The van der Waals surface area contributed by atoms with E-state index in [9.17, 15) is 0 Å². The molecule has 2 N–H and O–H groups in total. The number of nitrogens with one attached hydrogen (secondary N) is 2. The van der Waals surface area contributed by atoms with Crippen molar-refractivity contribution in [1.82, 2.24) is 15.3 Å². The molecule has 84 valence electrons. The highest BCUT2D eigenvalue weighted by atomic mass is 15.0. The first-order valence-electron chi connectivity index (χ1n) is 5.76. The molecule has 1 fully saturated rings. The first kappa shape index (κ1) is 9.85. The predicted octanol–water partition coefficient (Wildman–Crippen LogP) is 2.54. The molecule has 0 radical (unpaired) electrons. The zero-order valence-corrected chi connectivity index (χ0v) is 9.96. The number of aryl methyl sites for hydroxylation is 1. The van der Waals surface area contributed by atoms with E-state index >= 15 is 0 Å². The molecule has 3 heteroatoms. The van der Waals surface area contributed by atoms with E-state index in [0.717, 1.165) is 23.4 Å². The summed E-state index contributed by atoms with van der Waals surface area (Å²) in [5.74, 6) is 0.980. The van der Waals surface area contributed by atoms with E-state index in [4.69, 9.17) is 0 Å². The Morgan fingerprint density at radius 2 is 2.19 bits per heavy atom. The number of aromatic nitrogens is 2. The number of nitrogens with zero attached hydrogens (tertiary/aromatic N) is 1. The SMILES string of the molecule is Cc1nc2ccc(C3NCC3(C)C)cc2[nH]1. The molecular formula is C13H17N3. The Morgan fingerprint density at radius 3 is 2.81 bits per heavy atom. The van der Waals surface area contributed by atoms with Crippen molar-refractivity contribution in [2.75, 3.05) is 6.54 Å². The maximum absolute atomic E-state index is 4.42. The Labute approximate surface area is 95.3 Å². The first-order valence-corrected chi connectivity index (χ1v) is 5.76. The van der Waals surface area contributed by atoms with Gasteiger partial charge >= 0.3 is 0 Å². The fraction of sp³-hybridized carbons (Fsp3) is 0.462. The molecule has 2 heterocycles. The standard InChI is InChI=1S/C13H17N3/c1-8-15-10-5-4-9(6-11(10)16-8)12-13(2,3)7-14-12/h4-6,12,14H,7H2,1-3H3,(H,15,16). The summed E-state index contributed by atoms with van der Waals surface area (Å²) >= 11 is 0. The van der Waals surface area contributed by atoms with E-state index in [1.54, 1.807) is 0 Å². The number of fused-ring (bicyclic) bond motifs is 1. The number of aromatic amines is 1. The van der Waals surface area contributed by atoms with Gasteiger partial charge in [-0.2, -0.15) is 0 Å². The second-order valence-corrected chi connectivity index (χ2v) is 5.40. The smallest absolute Gasteiger partial charge is 0.104 e. The lowest BCUT2D eigenvalue weighted by atomic mass is 9.74. The molecule has 1 aromatic carbocycles. The van der Waals surface area contributed by atoms with E-state index in [0.29, 0.717) is 11.5 Å². The fourth-order valence-corrected chi connectivity index (χ4v) is 2.52. The van der Waals surface area contributed by atoms with Crippen LogP contribution in [-0.4, -0.2) is 16.5 Å².